The van der Waals surface area contributed by atoms with Crippen molar-refractivity contribution in [1.29, 1.82) is 0 Å². The largest absolute Gasteiger partial charge is 0.456 e. The minimum absolute atomic E-state index is 0.871. The van der Waals surface area contributed by atoms with Crippen LogP contribution in [0.2, 0.25) is 0 Å². The lowest BCUT2D eigenvalue weighted by Crippen LogP contribution is -1.92. The second-order valence-corrected chi connectivity index (χ2v) is 5.44. The number of alkyl halides is 1. The number of thioether (sulfide) groups is 1. The quantitative estimate of drug-likeness (QED) is 0.687. The molecule has 86 valence electrons. The molecular formula is C14H11BrOS. The fraction of sp³-hybridized carbons (Fsp3) is 0.143. The van der Waals surface area contributed by atoms with Crippen LogP contribution in [0.5, 0.6) is 11.5 Å². The van der Waals surface area contributed by atoms with Gasteiger partial charge in [0.1, 0.15) is 11.5 Å². The Morgan fingerprint density at radius 2 is 1.88 bits per heavy atom. The van der Waals surface area contributed by atoms with Crippen LogP contribution >= 0.6 is 27.7 Å². The van der Waals surface area contributed by atoms with E-state index in [9.17, 15) is 0 Å². The molecule has 0 bridgehead atoms. The van der Waals surface area contributed by atoms with Crippen molar-refractivity contribution in [1.82, 2.24) is 0 Å². The van der Waals surface area contributed by atoms with Gasteiger partial charge in [0.15, 0.2) is 0 Å². The number of rotatable bonds is 1. The summed E-state index contributed by atoms with van der Waals surface area (Å²) in [5.74, 6) is 2.91. The van der Waals surface area contributed by atoms with E-state index >= 15 is 0 Å². The molecule has 3 heteroatoms. The lowest BCUT2D eigenvalue weighted by molar-refractivity contribution is 0.469. The molecule has 3 rings (SSSR count). The summed E-state index contributed by atoms with van der Waals surface area (Å²) in [6.07, 6.45) is 0. The minimum Gasteiger partial charge on any atom is -0.456 e. The highest BCUT2D eigenvalue weighted by Crippen LogP contribution is 2.42. The summed E-state index contributed by atoms with van der Waals surface area (Å²) in [5.41, 5.74) is 2.60. The van der Waals surface area contributed by atoms with Gasteiger partial charge < -0.3 is 4.74 Å². The standard InChI is InChI=1S/C14H11BrOS/c15-8-10-4-3-6-12-11(10)9-17-14-7-2-1-5-13(14)16-12/h1-7H,8-9H2. The van der Waals surface area contributed by atoms with E-state index in [2.05, 4.69) is 34.1 Å². The van der Waals surface area contributed by atoms with Crippen LogP contribution in [0.3, 0.4) is 0 Å². The number of para-hydroxylation sites is 1. The Balaban J connectivity index is 2.09. The number of benzene rings is 2. The molecule has 0 radical (unpaired) electrons. The predicted octanol–water partition coefficient (Wildman–Crippen LogP) is 4.98. The maximum atomic E-state index is 6.00. The number of hydrogen-bond acceptors (Lipinski definition) is 2. The first-order valence-corrected chi connectivity index (χ1v) is 7.55. The number of fused-ring (bicyclic) bond motifs is 2. The molecule has 17 heavy (non-hydrogen) atoms. The summed E-state index contributed by atoms with van der Waals surface area (Å²) in [5, 5.41) is 0.871. The molecule has 1 aliphatic rings. The Hall–Kier alpha value is -0.930. The van der Waals surface area contributed by atoms with Gasteiger partial charge in [0.2, 0.25) is 0 Å². The Kier molecular flexibility index (Phi) is 3.12. The second-order valence-electron chi connectivity index (χ2n) is 3.86. The van der Waals surface area contributed by atoms with Gasteiger partial charge in [0.05, 0.1) is 4.90 Å². The molecule has 1 aliphatic heterocycles. The van der Waals surface area contributed by atoms with E-state index in [0.717, 1.165) is 22.6 Å². The van der Waals surface area contributed by atoms with E-state index in [4.69, 9.17) is 4.74 Å². The zero-order valence-electron chi connectivity index (χ0n) is 9.15. The molecule has 0 fully saturated rings. The SMILES string of the molecule is BrCc1cccc2c1CSc1ccccc1O2. The van der Waals surface area contributed by atoms with Crippen LogP contribution in [0.25, 0.3) is 0 Å². The maximum Gasteiger partial charge on any atom is 0.141 e. The monoisotopic (exact) mass is 306 g/mol. The first-order valence-electron chi connectivity index (χ1n) is 5.45. The van der Waals surface area contributed by atoms with E-state index < -0.39 is 0 Å². The van der Waals surface area contributed by atoms with Crippen molar-refractivity contribution in [3.8, 4) is 11.5 Å². The smallest absolute Gasteiger partial charge is 0.141 e. The Morgan fingerprint density at radius 3 is 2.76 bits per heavy atom. The van der Waals surface area contributed by atoms with Crippen molar-refractivity contribution in [3.05, 3.63) is 53.6 Å². The normalized spacial score (nSPS) is 13.2. The van der Waals surface area contributed by atoms with Crippen molar-refractivity contribution in [2.24, 2.45) is 0 Å². The minimum atomic E-state index is 0.871. The van der Waals surface area contributed by atoms with Crippen LogP contribution in [0, 0.1) is 0 Å². The second kappa shape index (κ2) is 4.75. The fourth-order valence-corrected chi connectivity index (χ4v) is 3.50. The molecule has 0 saturated heterocycles. The van der Waals surface area contributed by atoms with Crippen molar-refractivity contribution in [2.45, 2.75) is 16.0 Å². The van der Waals surface area contributed by atoms with Gasteiger partial charge in [0, 0.05) is 16.6 Å². The Morgan fingerprint density at radius 1 is 1.06 bits per heavy atom. The van der Waals surface area contributed by atoms with Crippen LogP contribution in [-0.2, 0) is 11.1 Å². The number of hydrogen-bond donors (Lipinski definition) is 0. The van der Waals surface area contributed by atoms with Gasteiger partial charge in [0.25, 0.3) is 0 Å². The van der Waals surface area contributed by atoms with Crippen molar-refractivity contribution in [2.75, 3.05) is 0 Å². The average Bonchev–Trinajstić information content (AvgIpc) is 2.57. The number of ether oxygens (including phenoxy) is 1. The van der Waals surface area contributed by atoms with Gasteiger partial charge in [-0.05, 0) is 23.8 Å². The molecule has 0 aromatic heterocycles. The summed E-state index contributed by atoms with van der Waals surface area (Å²) in [7, 11) is 0. The van der Waals surface area contributed by atoms with E-state index in [1.165, 1.54) is 16.0 Å². The fourth-order valence-electron chi connectivity index (χ4n) is 1.92. The van der Waals surface area contributed by atoms with E-state index in [1.54, 1.807) is 0 Å². The Labute approximate surface area is 113 Å². The van der Waals surface area contributed by atoms with Crippen LogP contribution in [-0.4, -0.2) is 0 Å². The van der Waals surface area contributed by atoms with Crippen molar-refractivity contribution in [3.63, 3.8) is 0 Å². The third-order valence-corrected chi connectivity index (χ3v) is 4.50. The Bertz CT molecular complexity index is 554. The van der Waals surface area contributed by atoms with Gasteiger partial charge in [-0.25, -0.2) is 0 Å². The summed E-state index contributed by atoms with van der Waals surface area (Å²) in [4.78, 5) is 1.21. The van der Waals surface area contributed by atoms with E-state index in [1.807, 2.05) is 36.0 Å². The van der Waals surface area contributed by atoms with Gasteiger partial charge in [-0.3, -0.25) is 0 Å². The molecule has 0 aliphatic carbocycles. The number of halogens is 1. The highest BCUT2D eigenvalue weighted by Gasteiger charge is 2.16. The van der Waals surface area contributed by atoms with Crippen molar-refractivity contribution >= 4 is 27.7 Å². The summed E-state index contributed by atoms with van der Waals surface area (Å²) in [6, 6.07) is 14.4. The van der Waals surface area contributed by atoms with E-state index in [-0.39, 0.29) is 0 Å². The van der Waals surface area contributed by atoms with Gasteiger partial charge in [-0.2, -0.15) is 0 Å². The molecule has 0 spiro atoms. The molecule has 0 amide bonds. The van der Waals surface area contributed by atoms with Gasteiger partial charge in [-0.15, -0.1) is 11.8 Å². The third kappa shape index (κ3) is 2.09. The summed E-state index contributed by atoms with van der Waals surface area (Å²) in [6.45, 7) is 0. The highest BCUT2D eigenvalue weighted by molar-refractivity contribution is 9.08. The maximum absolute atomic E-state index is 6.00. The molecule has 0 atom stereocenters. The van der Waals surface area contributed by atoms with Gasteiger partial charge >= 0.3 is 0 Å². The zero-order chi connectivity index (χ0) is 11.7. The molecule has 2 aromatic carbocycles. The topological polar surface area (TPSA) is 9.23 Å². The molecule has 0 saturated carbocycles. The first-order chi connectivity index (χ1) is 8.38. The summed E-state index contributed by atoms with van der Waals surface area (Å²) >= 11 is 5.37. The zero-order valence-corrected chi connectivity index (χ0v) is 11.6. The summed E-state index contributed by atoms with van der Waals surface area (Å²) < 4.78 is 6.00. The van der Waals surface area contributed by atoms with Crippen molar-refractivity contribution < 1.29 is 4.74 Å². The molecular weight excluding hydrogens is 296 g/mol. The van der Waals surface area contributed by atoms with Crippen LogP contribution in [0.1, 0.15) is 11.1 Å². The lowest BCUT2D eigenvalue weighted by atomic mass is 10.1. The predicted molar refractivity (Wildman–Crippen MR) is 75.2 cm³/mol. The molecule has 0 unspecified atom stereocenters. The van der Waals surface area contributed by atoms with Crippen LogP contribution in [0.15, 0.2) is 47.4 Å². The third-order valence-electron chi connectivity index (χ3n) is 2.82. The lowest BCUT2D eigenvalue weighted by Gasteiger charge is -2.10. The van der Waals surface area contributed by atoms with Crippen LogP contribution in [0.4, 0.5) is 0 Å². The highest BCUT2D eigenvalue weighted by atomic mass is 79.9. The van der Waals surface area contributed by atoms with Gasteiger partial charge in [-0.1, -0.05) is 40.2 Å². The van der Waals surface area contributed by atoms with Crippen LogP contribution < -0.4 is 4.74 Å². The first kappa shape index (κ1) is 11.2. The average molecular weight is 307 g/mol. The van der Waals surface area contributed by atoms with E-state index in [0.29, 0.717) is 0 Å². The molecule has 1 heterocycles. The molecule has 1 nitrogen and oxygen atoms in total. The molecule has 2 aromatic rings. The molecule has 0 N–H and O–H groups in total.